The first-order valence-electron chi connectivity index (χ1n) is 6.93. The lowest BCUT2D eigenvalue weighted by molar-refractivity contribution is 0.0949. The number of aromatic amines is 1. The maximum atomic E-state index is 12.1. The molecule has 0 saturated heterocycles. The summed E-state index contributed by atoms with van der Waals surface area (Å²) in [6.45, 7) is 0. The summed E-state index contributed by atoms with van der Waals surface area (Å²) in [5, 5.41) is 20.5. The molecule has 0 unspecified atom stereocenters. The number of carbonyl (C=O) groups is 1. The van der Waals surface area contributed by atoms with Gasteiger partial charge in [0.25, 0.3) is 5.91 Å². The zero-order valence-corrected chi connectivity index (χ0v) is 11.5. The van der Waals surface area contributed by atoms with Crippen LogP contribution < -0.4 is 5.43 Å². The van der Waals surface area contributed by atoms with E-state index in [0.29, 0.717) is 11.3 Å². The van der Waals surface area contributed by atoms with Crippen LogP contribution in [0.4, 0.5) is 0 Å². The van der Waals surface area contributed by atoms with Crippen molar-refractivity contribution in [2.45, 2.75) is 25.7 Å². The Morgan fingerprint density at radius 1 is 1.33 bits per heavy atom. The molecule has 1 aromatic heterocycles. The second-order valence-corrected chi connectivity index (χ2v) is 4.99. The van der Waals surface area contributed by atoms with Gasteiger partial charge in [-0.05, 0) is 37.8 Å². The summed E-state index contributed by atoms with van der Waals surface area (Å²) in [5.74, 6) is -0.214. The van der Waals surface area contributed by atoms with Crippen molar-refractivity contribution in [3.05, 3.63) is 46.8 Å². The number of aryl methyl sites for hydroxylation is 1. The molecule has 6 heteroatoms. The third kappa shape index (κ3) is 2.79. The van der Waals surface area contributed by atoms with Crippen molar-refractivity contribution >= 4 is 12.1 Å². The van der Waals surface area contributed by atoms with Crippen molar-refractivity contribution in [3.63, 3.8) is 0 Å². The van der Waals surface area contributed by atoms with E-state index in [9.17, 15) is 9.90 Å². The molecule has 0 fully saturated rings. The Morgan fingerprint density at radius 2 is 2.14 bits per heavy atom. The van der Waals surface area contributed by atoms with Crippen molar-refractivity contribution in [2.24, 2.45) is 5.10 Å². The number of amides is 1. The lowest BCUT2D eigenvalue weighted by Crippen LogP contribution is -2.20. The SMILES string of the molecule is O=C(N/N=C\c1ccccc1O)c1n[nH]c2c1CCCC2. The topological polar surface area (TPSA) is 90.4 Å². The summed E-state index contributed by atoms with van der Waals surface area (Å²) < 4.78 is 0. The average molecular weight is 284 g/mol. The second kappa shape index (κ2) is 5.78. The number of nitrogens with zero attached hydrogens (tertiary/aromatic N) is 2. The van der Waals surface area contributed by atoms with Gasteiger partial charge >= 0.3 is 0 Å². The zero-order chi connectivity index (χ0) is 14.7. The van der Waals surface area contributed by atoms with E-state index in [4.69, 9.17) is 0 Å². The molecule has 2 aromatic rings. The largest absolute Gasteiger partial charge is 0.507 e. The molecule has 1 aliphatic carbocycles. The van der Waals surface area contributed by atoms with Gasteiger partial charge in [-0.15, -0.1) is 0 Å². The monoisotopic (exact) mass is 284 g/mol. The summed E-state index contributed by atoms with van der Waals surface area (Å²) in [5.41, 5.74) is 5.46. The molecule has 1 aliphatic rings. The highest BCUT2D eigenvalue weighted by Gasteiger charge is 2.21. The molecule has 0 aliphatic heterocycles. The van der Waals surface area contributed by atoms with E-state index >= 15 is 0 Å². The number of hydrogen-bond donors (Lipinski definition) is 3. The highest BCUT2D eigenvalue weighted by Crippen LogP contribution is 2.21. The van der Waals surface area contributed by atoms with Gasteiger partial charge in [-0.1, -0.05) is 12.1 Å². The number of hydrazone groups is 1. The average Bonchev–Trinajstić information content (AvgIpc) is 2.93. The van der Waals surface area contributed by atoms with Crippen LogP contribution in [0.3, 0.4) is 0 Å². The highest BCUT2D eigenvalue weighted by molar-refractivity contribution is 5.95. The van der Waals surface area contributed by atoms with Crippen LogP contribution >= 0.6 is 0 Å². The van der Waals surface area contributed by atoms with E-state index in [2.05, 4.69) is 20.7 Å². The number of para-hydroxylation sites is 1. The number of phenols is 1. The number of aromatic hydroxyl groups is 1. The van der Waals surface area contributed by atoms with Crippen molar-refractivity contribution in [1.29, 1.82) is 0 Å². The van der Waals surface area contributed by atoms with Crippen LogP contribution in [0.2, 0.25) is 0 Å². The van der Waals surface area contributed by atoms with E-state index in [0.717, 1.165) is 36.9 Å². The second-order valence-electron chi connectivity index (χ2n) is 4.99. The standard InChI is InChI=1S/C15H16N4O2/c20-13-8-4-1-5-10(13)9-16-19-15(21)14-11-6-2-3-7-12(11)17-18-14/h1,4-5,8-9,20H,2-3,6-7H2,(H,17,18)(H,19,21)/b16-9-. The van der Waals surface area contributed by atoms with E-state index in [1.165, 1.54) is 6.21 Å². The number of nitrogens with one attached hydrogen (secondary N) is 2. The number of H-pyrrole nitrogens is 1. The van der Waals surface area contributed by atoms with Crippen molar-refractivity contribution in [3.8, 4) is 5.75 Å². The maximum absolute atomic E-state index is 12.1. The molecule has 0 atom stereocenters. The predicted octanol–water partition coefficient (Wildman–Crippen LogP) is 1.76. The van der Waals surface area contributed by atoms with Gasteiger partial charge < -0.3 is 5.11 Å². The highest BCUT2D eigenvalue weighted by atomic mass is 16.3. The lowest BCUT2D eigenvalue weighted by Gasteiger charge is -2.10. The number of rotatable bonds is 3. The van der Waals surface area contributed by atoms with Crippen LogP contribution in [0.15, 0.2) is 29.4 Å². The summed E-state index contributed by atoms with van der Waals surface area (Å²) in [6, 6.07) is 6.78. The number of phenolic OH excluding ortho intramolecular Hbond substituents is 1. The fourth-order valence-corrected chi connectivity index (χ4v) is 2.48. The van der Waals surface area contributed by atoms with E-state index in [1.807, 2.05) is 0 Å². The van der Waals surface area contributed by atoms with Crippen LogP contribution in [-0.2, 0) is 12.8 Å². The molecule has 1 amide bonds. The fourth-order valence-electron chi connectivity index (χ4n) is 2.48. The maximum Gasteiger partial charge on any atom is 0.292 e. The van der Waals surface area contributed by atoms with Gasteiger partial charge in [0.15, 0.2) is 5.69 Å². The van der Waals surface area contributed by atoms with Crippen molar-refractivity contribution < 1.29 is 9.90 Å². The molecule has 1 heterocycles. The molecule has 0 saturated carbocycles. The molecular weight excluding hydrogens is 268 g/mol. The number of fused-ring (bicyclic) bond motifs is 1. The Labute approximate surface area is 121 Å². The van der Waals surface area contributed by atoms with Gasteiger partial charge in [-0.2, -0.15) is 10.2 Å². The zero-order valence-electron chi connectivity index (χ0n) is 11.5. The van der Waals surface area contributed by atoms with Crippen LogP contribution in [0, 0.1) is 0 Å². The Balaban J connectivity index is 1.70. The van der Waals surface area contributed by atoms with Gasteiger partial charge in [0.05, 0.1) is 6.21 Å². The first-order valence-corrected chi connectivity index (χ1v) is 6.93. The quantitative estimate of drug-likeness (QED) is 0.592. The molecule has 0 spiro atoms. The Bertz CT molecular complexity index is 691. The minimum Gasteiger partial charge on any atom is -0.507 e. The van der Waals surface area contributed by atoms with E-state index in [-0.39, 0.29) is 11.7 Å². The molecule has 3 rings (SSSR count). The Hall–Kier alpha value is -2.63. The minimum absolute atomic E-state index is 0.118. The summed E-state index contributed by atoms with van der Waals surface area (Å²) in [6.07, 6.45) is 5.43. The van der Waals surface area contributed by atoms with Crippen LogP contribution in [0.1, 0.15) is 40.2 Å². The first kappa shape index (κ1) is 13.4. The van der Waals surface area contributed by atoms with Crippen molar-refractivity contribution in [2.75, 3.05) is 0 Å². The normalized spacial score (nSPS) is 14.1. The van der Waals surface area contributed by atoms with Gasteiger partial charge in [-0.25, -0.2) is 5.43 Å². The molecule has 3 N–H and O–H groups in total. The van der Waals surface area contributed by atoms with Crippen LogP contribution in [0.25, 0.3) is 0 Å². The van der Waals surface area contributed by atoms with Gasteiger partial charge in [0.2, 0.25) is 0 Å². The number of hydrogen-bond acceptors (Lipinski definition) is 4. The number of carbonyl (C=O) groups excluding carboxylic acids is 1. The molecule has 21 heavy (non-hydrogen) atoms. The summed E-state index contributed by atoms with van der Waals surface area (Å²) in [7, 11) is 0. The van der Waals surface area contributed by atoms with Crippen LogP contribution in [0.5, 0.6) is 5.75 Å². The number of aromatic nitrogens is 2. The molecule has 108 valence electrons. The Morgan fingerprint density at radius 3 is 3.00 bits per heavy atom. The third-order valence-corrected chi connectivity index (χ3v) is 3.58. The smallest absolute Gasteiger partial charge is 0.292 e. The summed E-state index contributed by atoms with van der Waals surface area (Å²) in [4.78, 5) is 12.1. The summed E-state index contributed by atoms with van der Waals surface area (Å²) >= 11 is 0. The lowest BCUT2D eigenvalue weighted by atomic mass is 9.96. The molecule has 6 nitrogen and oxygen atoms in total. The molecule has 0 radical (unpaired) electrons. The van der Waals surface area contributed by atoms with E-state index in [1.54, 1.807) is 24.3 Å². The van der Waals surface area contributed by atoms with Crippen molar-refractivity contribution in [1.82, 2.24) is 15.6 Å². The third-order valence-electron chi connectivity index (χ3n) is 3.58. The van der Waals surface area contributed by atoms with Crippen LogP contribution in [-0.4, -0.2) is 27.4 Å². The van der Waals surface area contributed by atoms with E-state index < -0.39 is 0 Å². The molecular formula is C15H16N4O2. The first-order chi connectivity index (χ1) is 10.3. The minimum atomic E-state index is -0.332. The van der Waals surface area contributed by atoms with Gasteiger partial charge in [0, 0.05) is 16.8 Å². The molecule has 0 bridgehead atoms. The van der Waals surface area contributed by atoms with Gasteiger partial charge in [0.1, 0.15) is 5.75 Å². The number of benzene rings is 1. The van der Waals surface area contributed by atoms with Gasteiger partial charge in [-0.3, -0.25) is 9.89 Å². The molecule has 1 aromatic carbocycles. The fraction of sp³-hybridized carbons (Fsp3) is 0.267. The Kier molecular flexibility index (Phi) is 3.68. The predicted molar refractivity (Wildman–Crippen MR) is 78.4 cm³/mol.